The molecule has 2 heterocycles. The second-order valence-electron chi connectivity index (χ2n) is 8.25. The summed E-state index contributed by atoms with van der Waals surface area (Å²) in [5.74, 6) is -0.161. The molecule has 30 heavy (non-hydrogen) atoms. The summed E-state index contributed by atoms with van der Waals surface area (Å²) in [6.45, 7) is 4.15. The van der Waals surface area contributed by atoms with Gasteiger partial charge >= 0.3 is 0 Å². The Morgan fingerprint density at radius 2 is 1.97 bits per heavy atom. The third-order valence-electron chi connectivity index (χ3n) is 5.86. The molecule has 0 spiro atoms. The number of nitrogens with one attached hydrogen (secondary N) is 2. The number of aliphatic hydroxyl groups is 1. The van der Waals surface area contributed by atoms with Gasteiger partial charge in [-0.05, 0) is 54.7 Å². The van der Waals surface area contributed by atoms with Crippen molar-refractivity contribution in [2.45, 2.75) is 38.0 Å². The van der Waals surface area contributed by atoms with E-state index in [1.165, 1.54) is 11.1 Å². The molecule has 1 fully saturated rings. The number of ether oxygens (including phenoxy) is 1. The van der Waals surface area contributed by atoms with Crippen molar-refractivity contribution in [3.05, 3.63) is 65.2 Å². The molecule has 0 saturated carbocycles. The second-order valence-corrected chi connectivity index (χ2v) is 8.25. The van der Waals surface area contributed by atoms with E-state index in [0.717, 1.165) is 51.3 Å². The van der Waals surface area contributed by atoms with E-state index < -0.39 is 6.10 Å². The fourth-order valence-corrected chi connectivity index (χ4v) is 4.19. The van der Waals surface area contributed by atoms with E-state index in [-0.39, 0.29) is 12.5 Å². The molecule has 1 amide bonds. The predicted octanol–water partition coefficient (Wildman–Crippen LogP) is 2.43. The van der Waals surface area contributed by atoms with Crippen molar-refractivity contribution in [1.29, 1.82) is 0 Å². The van der Waals surface area contributed by atoms with E-state index in [2.05, 4.69) is 39.8 Å². The van der Waals surface area contributed by atoms with Crippen LogP contribution in [0.3, 0.4) is 0 Å². The number of hydrogen-bond acceptors (Lipinski definition) is 5. The lowest BCUT2D eigenvalue weighted by Gasteiger charge is -2.30. The van der Waals surface area contributed by atoms with Crippen molar-refractivity contribution in [3.63, 3.8) is 0 Å². The molecule has 0 bridgehead atoms. The number of carbonyl (C=O) groups is 1. The summed E-state index contributed by atoms with van der Waals surface area (Å²) < 4.78 is 5.49. The topological polar surface area (TPSA) is 73.8 Å². The molecule has 4 rings (SSSR count). The first-order valence-corrected chi connectivity index (χ1v) is 10.9. The van der Waals surface area contributed by atoms with Crippen LogP contribution in [0.1, 0.15) is 34.3 Å². The third-order valence-corrected chi connectivity index (χ3v) is 5.86. The van der Waals surface area contributed by atoms with Crippen LogP contribution in [-0.4, -0.2) is 60.9 Å². The lowest BCUT2D eigenvalue weighted by atomic mass is 10.00. The highest BCUT2D eigenvalue weighted by Gasteiger charge is 2.19. The van der Waals surface area contributed by atoms with Crippen LogP contribution in [0.2, 0.25) is 0 Å². The molecule has 2 aliphatic heterocycles. The van der Waals surface area contributed by atoms with Crippen LogP contribution in [0.5, 0.6) is 0 Å². The molecule has 2 aromatic rings. The van der Waals surface area contributed by atoms with Gasteiger partial charge in [0.1, 0.15) is 0 Å². The minimum absolute atomic E-state index is 0.161. The molecule has 3 N–H and O–H groups in total. The fourth-order valence-electron chi connectivity index (χ4n) is 4.19. The van der Waals surface area contributed by atoms with Crippen molar-refractivity contribution in [1.82, 2.24) is 10.2 Å². The minimum Gasteiger partial charge on any atom is -0.390 e. The molecule has 6 heteroatoms. The quantitative estimate of drug-likeness (QED) is 0.655. The van der Waals surface area contributed by atoms with Crippen molar-refractivity contribution < 1.29 is 14.6 Å². The molecular weight excluding hydrogens is 378 g/mol. The zero-order valence-electron chi connectivity index (χ0n) is 17.3. The lowest BCUT2D eigenvalue weighted by Crippen LogP contribution is -2.42. The zero-order valence-corrected chi connectivity index (χ0v) is 17.3. The highest BCUT2D eigenvalue weighted by molar-refractivity contribution is 5.94. The van der Waals surface area contributed by atoms with E-state index in [1.807, 2.05) is 24.3 Å². The summed E-state index contributed by atoms with van der Waals surface area (Å²) in [4.78, 5) is 14.7. The Morgan fingerprint density at radius 1 is 1.17 bits per heavy atom. The Bertz CT molecular complexity index is 834. The van der Waals surface area contributed by atoms with Gasteiger partial charge in [0.2, 0.25) is 0 Å². The molecule has 2 atom stereocenters. The molecule has 160 valence electrons. The fraction of sp³-hybridized carbons (Fsp3) is 0.458. The number of carbonyl (C=O) groups excluding carboxylic acids is 1. The molecular formula is C24H31N3O3. The van der Waals surface area contributed by atoms with E-state index in [9.17, 15) is 9.90 Å². The Morgan fingerprint density at radius 3 is 2.73 bits per heavy atom. The van der Waals surface area contributed by atoms with Crippen molar-refractivity contribution in [2.75, 3.05) is 38.2 Å². The normalized spacial score (nSPS) is 20.2. The second kappa shape index (κ2) is 10.1. The first kappa shape index (κ1) is 20.8. The molecule has 0 aliphatic carbocycles. The van der Waals surface area contributed by atoms with Crippen LogP contribution in [0, 0.1) is 0 Å². The summed E-state index contributed by atoms with van der Waals surface area (Å²) in [6.07, 6.45) is 2.59. The number of nitrogens with zero attached hydrogens (tertiary/aromatic N) is 1. The van der Waals surface area contributed by atoms with Crippen LogP contribution in [0.25, 0.3) is 0 Å². The Balaban J connectivity index is 1.21. The predicted molar refractivity (Wildman–Crippen MR) is 118 cm³/mol. The molecule has 0 radical (unpaired) electrons. The summed E-state index contributed by atoms with van der Waals surface area (Å²) >= 11 is 0. The summed E-state index contributed by atoms with van der Waals surface area (Å²) in [5, 5.41) is 16.7. The van der Waals surface area contributed by atoms with Crippen LogP contribution in [0.15, 0.2) is 48.5 Å². The van der Waals surface area contributed by atoms with Crippen molar-refractivity contribution in [3.8, 4) is 0 Å². The number of benzene rings is 2. The van der Waals surface area contributed by atoms with Gasteiger partial charge in [0, 0.05) is 50.1 Å². The monoisotopic (exact) mass is 409 g/mol. The van der Waals surface area contributed by atoms with Crippen LogP contribution in [0.4, 0.5) is 5.69 Å². The van der Waals surface area contributed by atoms with E-state index in [4.69, 9.17) is 4.74 Å². The molecule has 6 nitrogen and oxygen atoms in total. The molecule has 2 unspecified atom stereocenters. The number of anilines is 1. The largest absolute Gasteiger partial charge is 0.390 e. The first-order valence-electron chi connectivity index (χ1n) is 10.9. The highest BCUT2D eigenvalue weighted by atomic mass is 16.5. The van der Waals surface area contributed by atoms with Gasteiger partial charge < -0.3 is 20.5 Å². The van der Waals surface area contributed by atoms with E-state index in [1.54, 1.807) is 0 Å². The summed E-state index contributed by atoms with van der Waals surface area (Å²) in [6, 6.07) is 16.3. The summed E-state index contributed by atoms with van der Waals surface area (Å²) in [7, 11) is 0. The Labute approximate surface area is 178 Å². The van der Waals surface area contributed by atoms with Crippen LogP contribution < -0.4 is 10.6 Å². The van der Waals surface area contributed by atoms with Gasteiger partial charge in [0.25, 0.3) is 5.91 Å². The van der Waals surface area contributed by atoms with Crippen molar-refractivity contribution in [2.24, 2.45) is 0 Å². The number of fused-ring (bicyclic) bond motifs is 1. The maximum Gasteiger partial charge on any atom is 0.251 e. The maximum atomic E-state index is 12.4. The number of rotatable bonds is 7. The van der Waals surface area contributed by atoms with Gasteiger partial charge in [-0.3, -0.25) is 9.69 Å². The average Bonchev–Trinajstić information content (AvgIpc) is 2.78. The third kappa shape index (κ3) is 5.59. The number of hydrogen-bond donors (Lipinski definition) is 3. The van der Waals surface area contributed by atoms with Gasteiger partial charge in [-0.1, -0.05) is 24.3 Å². The van der Waals surface area contributed by atoms with Gasteiger partial charge in [-0.2, -0.15) is 0 Å². The molecule has 1 saturated heterocycles. The summed E-state index contributed by atoms with van der Waals surface area (Å²) in [5.41, 5.74) is 4.31. The van der Waals surface area contributed by atoms with E-state index >= 15 is 0 Å². The van der Waals surface area contributed by atoms with E-state index in [0.29, 0.717) is 18.2 Å². The smallest absolute Gasteiger partial charge is 0.251 e. The number of β-amino-alcohol motifs (C(OH)–C–C–N with tert-alkyl or cyclic N) is 1. The van der Waals surface area contributed by atoms with Gasteiger partial charge in [0.15, 0.2) is 0 Å². The number of amides is 1. The Kier molecular flexibility index (Phi) is 7.00. The van der Waals surface area contributed by atoms with Gasteiger partial charge in [-0.25, -0.2) is 0 Å². The molecule has 2 aromatic carbocycles. The lowest BCUT2D eigenvalue weighted by molar-refractivity contribution is 0.0841. The molecule has 2 aliphatic rings. The SMILES string of the molecule is O=C(NCC(O)CN1CCc2ccccc2C1)c1ccc(NC2CCCOC2)cc1. The Hall–Kier alpha value is -2.41. The standard InChI is InChI=1S/C24H31N3O3/c28-23(16-27-12-11-18-4-1-2-5-20(18)15-27)14-25-24(29)19-7-9-21(10-8-19)26-22-6-3-13-30-17-22/h1-2,4-5,7-10,22-23,26,28H,3,6,11-17H2,(H,25,29). The average molecular weight is 410 g/mol. The highest BCUT2D eigenvalue weighted by Crippen LogP contribution is 2.18. The van der Waals surface area contributed by atoms with Gasteiger partial charge in [0.05, 0.1) is 12.7 Å². The minimum atomic E-state index is -0.591. The first-order chi connectivity index (χ1) is 14.7. The van der Waals surface area contributed by atoms with Crippen molar-refractivity contribution >= 4 is 11.6 Å². The number of aliphatic hydroxyl groups excluding tert-OH is 1. The maximum absolute atomic E-state index is 12.4. The zero-order chi connectivity index (χ0) is 20.8. The van der Waals surface area contributed by atoms with Crippen LogP contribution in [-0.2, 0) is 17.7 Å². The molecule has 0 aromatic heterocycles. The van der Waals surface area contributed by atoms with Crippen LogP contribution >= 0.6 is 0 Å². The van der Waals surface area contributed by atoms with Gasteiger partial charge in [-0.15, -0.1) is 0 Å².